The van der Waals surface area contributed by atoms with Crippen LogP contribution in [0.3, 0.4) is 0 Å². The van der Waals surface area contributed by atoms with Crippen LogP contribution in [0.4, 0.5) is 0 Å². The molecule has 0 atom stereocenters. The number of halogens is 1. The Morgan fingerprint density at radius 2 is 1.62 bits per heavy atom. The first-order valence-electron chi connectivity index (χ1n) is 10.7. The van der Waals surface area contributed by atoms with Crippen LogP contribution in [0.25, 0.3) is 0 Å². The summed E-state index contributed by atoms with van der Waals surface area (Å²) in [6.45, 7) is 3.53. The minimum Gasteiger partial charge on any atom is -0.493 e. The molecule has 0 bridgehead atoms. The second kappa shape index (κ2) is 11.6. The highest BCUT2D eigenvalue weighted by Crippen LogP contribution is 2.34. The Balaban J connectivity index is 1.48. The minimum absolute atomic E-state index is 0.147. The Hall–Kier alpha value is -2.20. The Bertz CT molecular complexity index is 950. The largest absolute Gasteiger partial charge is 0.493 e. The lowest BCUT2D eigenvalue weighted by molar-refractivity contribution is 0.0948. The number of hydrogen-bond acceptors (Lipinski definition) is 6. The molecule has 1 heterocycles. The molecule has 0 fully saturated rings. The summed E-state index contributed by atoms with van der Waals surface area (Å²) >= 11 is 2.17. The molecule has 1 N–H and O–H groups in total. The van der Waals surface area contributed by atoms with Crippen LogP contribution in [0.15, 0.2) is 24.3 Å². The second-order valence-corrected chi connectivity index (χ2v) is 8.90. The Morgan fingerprint density at radius 1 is 0.938 bits per heavy atom. The van der Waals surface area contributed by atoms with E-state index in [-0.39, 0.29) is 5.91 Å². The van der Waals surface area contributed by atoms with E-state index in [9.17, 15) is 4.79 Å². The summed E-state index contributed by atoms with van der Waals surface area (Å²) in [6.07, 6.45) is 2.92. The predicted molar refractivity (Wildman–Crippen MR) is 132 cm³/mol. The lowest BCUT2D eigenvalue weighted by Crippen LogP contribution is -2.32. The molecule has 32 heavy (non-hydrogen) atoms. The summed E-state index contributed by atoms with van der Waals surface area (Å²) < 4.78 is 22.5. The molecule has 0 saturated heterocycles. The van der Waals surface area contributed by atoms with Crippen molar-refractivity contribution in [3.8, 4) is 23.0 Å². The van der Waals surface area contributed by atoms with Gasteiger partial charge in [-0.25, -0.2) is 0 Å². The number of methoxy groups -OCH3 is 4. The average Bonchev–Trinajstić information content (AvgIpc) is 2.81. The average molecular weight is 550 g/mol. The van der Waals surface area contributed by atoms with Gasteiger partial charge in [0.15, 0.2) is 23.0 Å². The summed E-state index contributed by atoms with van der Waals surface area (Å²) in [6, 6.07) is 7.84. The molecule has 0 saturated carbocycles. The van der Waals surface area contributed by atoms with E-state index in [0.29, 0.717) is 23.6 Å². The zero-order chi connectivity index (χ0) is 23.1. The van der Waals surface area contributed by atoms with Crippen molar-refractivity contribution in [1.29, 1.82) is 0 Å². The van der Waals surface area contributed by atoms with Crippen molar-refractivity contribution in [3.05, 3.63) is 44.5 Å². The first kappa shape index (κ1) is 24.4. The third-order valence-corrected chi connectivity index (χ3v) is 6.29. The van der Waals surface area contributed by atoms with Crippen molar-refractivity contribution in [2.24, 2.45) is 0 Å². The molecule has 0 aromatic heterocycles. The van der Waals surface area contributed by atoms with E-state index in [0.717, 1.165) is 54.0 Å². The molecule has 2 aromatic carbocycles. The summed E-state index contributed by atoms with van der Waals surface area (Å²) in [5, 5.41) is 3.01. The Kier molecular flexibility index (Phi) is 8.86. The molecule has 8 heteroatoms. The topological polar surface area (TPSA) is 69.3 Å². The maximum atomic E-state index is 12.7. The summed E-state index contributed by atoms with van der Waals surface area (Å²) in [4.78, 5) is 15.1. The van der Waals surface area contributed by atoms with Gasteiger partial charge < -0.3 is 24.3 Å². The highest BCUT2D eigenvalue weighted by molar-refractivity contribution is 14.1. The fourth-order valence-corrected chi connectivity index (χ4v) is 4.58. The number of fused-ring (bicyclic) bond motifs is 1. The maximum Gasteiger partial charge on any atom is 0.255 e. The Morgan fingerprint density at radius 3 is 2.28 bits per heavy atom. The lowest BCUT2D eigenvalue weighted by atomic mass is 9.98. The fourth-order valence-electron chi connectivity index (χ4n) is 3.99. The number of rotatable bonds is 10. The van der Waals surface area contributed by atoms with Crippen molar-refractivity contribution < 1.29 is 23.7 Å². The van der Waals surface area contributed by atoms with Gasteiger partial charge in [0.1, 0.15) is 0 Å². The highest BCUT2D eigenvalue weighted by atomic mass is 123. The number of benzene rings is 2. The third kappa shape index (κ3) is 5.78. The molecule has 1 aliphatic rings. The molecule has 3 rings (SSSR count). The second-order valence-electron chi connectivity index (χ2n) is 7.65. The number of carbonyl (C=O) groups excluding carboxylic acids is 1. The quantitative estimate of drug-likeness (QED) is 0.358. The number of hydrogen-bond donors (Lipinski definition) is 1. The van der Waals surface area contributed by atoms with Gasteiger partial charge in [-0.05, 0) is 83.8 Å². The summed E-state index contributed by atoms with van der Waals surface area (Å²) in [5.41, 5.74) is 3.11. The predicted octanol–water partition coefficient (Wildman–Crippen LogP) is 3.89. The van der Waals surface area contributed by atoms with Crippen molar-refractivity contribution >= 4 is 28.5 Å². The first-order valence-corrected chi connectivity index (χ1v) is 11.7. The van der Waals surface area contributed by atoms with Crippen LogP contribution in [0, 0.1) is 3.57 Å². The van der Waals surface area contributed by atoms with Gasteiger partial charge in [-0.3, -0.25) is 9.69 Å². The van der Waals surface area contributed by atoms with Crippen molar-refractivity contribution in [2.75, 3.05) is 48.1 Å². The van der Waals surface area contributed by atoms with E-state index in [1.165, 1.54) is 11.1 Å². The maximum absolute atomic E-state index is 12.7. The van der Waals surface area contributed by atoms with Gasteiger partial charge in [0.2, 0.25) is 0 Å². The zero-order valence-electron chi connectivity index (χ0n) is 19.1. The van der Waals surface area contributed by atoms with Crippen LogP contribution < -0.4 is 24.3 Å². The van der Waals surface area contributed by atoms with Crippen molar-refractivity contribution in [3.63, 3.8) is 0 Å². The van der Waals surface area contributed by atoms with Gasteiger partial charge >= 0.3 is 0 Å². The number of nitrogens with one attached hydrogen (secondary N) is 1. The smallest absolute Gasteiger partial charge is 0.255 e. The molecule has 174 valence electrons. The summed E-state index contributed by atoms with van der Waals surface area (Å²) in [5.74, 6) is 2.44. The molecule has 0 spiro atoms. The van der Waals surface area contributed by atoms with Crippen LogP contribution in [-0.2, 0) is 13.0 Å². The zero-order valence-corrected chi connectivity index (χ0v) is 21.3. The van der Waals surface area contributed by atoms with Crippen LogP contribution in [0.1, 0.15) is 34.3 Å². The number of unbranched alkanes of at least 4 members (excludes halogenated alkanes) is 1. The molecule has 7 nitrogen and oxygen atoms in total. The number of ether oxygens (including phenoxy) is 4. The number of amides is 1. The van der Waals surface area contributed by atoms with E-state index in [1.54, 1.807) is 28.4 Å². The van der Waals surface area contributed by atoms with Gasteiger partial charge in [0, 0.05) is 23.2 Å². The van der Waals surface area contributed by atoms with Crippen LogP contribution >= 0.6 is 22.6 Å². The molecular formula is C24H31IN2O5. The highest BCUT2D eigenvalue weighted by Gasteiger charge is 2.20. The molecule has 1 amide bonds. The SMILES string of the molecule is COc1cc2c(cc1OC)CN(CCCCNC(=O)c1cc([123I])cc(OC)c1OC)CC2. The number of carbonyl (C=O) groups is 1. The fraction of sp³-hybridized carbons (Fsp3) is 0.458. The van der Waals surface area contributed by atoms with E-state index in [2.05, 4.69) is 44.9 Å². The van der Waals surface area contributed by atoms with E-state index >= 15 is 0 Å². The monoisotopic (exact) mass is 550 g/mol. The van der Waals surface area contributed by atoms with E-state index < -0.39 is 0 Å². The molecule has 2 aromatic rings. The lowest BCUT2D eigenvalue weighted by Gasteiger charge is -2.29. The minimum atomic E-state index is -0.147. The molecule has 0 aliphatic carbocycles. The summed E-state index contributed by atoms with van der Waals surface area (Å²) in [7, 11) is 6.45. The molecule has 0 radical (unpaired) electrons. The van der Waals surface area contributed by atoms with Gasteiger partial charge in [-0.2, -0.15) is 0 Å². The standard InChI is InChI=1S/C24H31IN2O5/c1-29-20-11-16-7-10-27(15-17(16)12-21(20)30-2)9-6-5-8-26-24(28)19-13-18(25)14-22(31-3)23(19)32-4/h11-14H,5-10,15H2,1-4H3,(H,26,28)/i25-4. The van der Waals surface area contributed by atoms with E-state index in [4.69, 9.17) is 18.9 Å². The van der Waals surface area contributed by atoms with Crippen LogP contribution in [0.5, 0.6) is 23.0 Å². The first-order chi connectivity index (χ1) is 15.5. The van der Waals surface area contributed by atoms with Crippen molar-refractivity contribution in [2.45, 2.75) is 25.8 Å². The van der Waals surface area contributed by atoms with E-state index in [1.807, 2.05) is 12.1 Å². The molecular weight excluding hydrogens is 519 g/mol. The third-order valence-electron chi connectivity index (χ3n) is 5.67. The molecule has 1 aliphatic heterocycles. The normalized spacial score (nSPS) is 13.3. The molecule has 0 unspecified atom stereocenters. The van der Waals surface area contributed by atoms with Crippen LogP contribution in [-0.4, -0.2) is 58.9 Å². The van der Waals surface area contributed by atoms with Gasteiger partial charge in [0.05, 0.1) is 34.0 Å². The number of nitrogens with zero attached hydrogens (tertiary/aromatic N) is 1. The van der Waals surface area contributed by atoms with Gasteiger partial charge in [0.25, 0.3) is 5.91 Å². The van der Waals surface area contributed by atoms with Crippen molar-refractivity contribution in [1.82, 2.24) is 10.2 Å². The van der Waals surface area contributed by atoms with Crippen LogP contribution in [0.2, 0.25) is 0 Å². The Labute approximate surface area is 203 Å². The van der Waals surface area contributed by atoms with Gasteiger partial charge in [-0.1, -0.05) is 0 Å². The van der Waals surface area contributed by atoms with Gasteiger partial charge in [-0.15, -0.1) is 0 Å².